The van der Waals surface area contributed by atoms with Crippen LogP contribution in [0.4, 0.5) is 0 Å². The standard InChI is InChI=1S/C14H17NO8/c1-5(16)15-14-4-8(19)9-10(11(14)20-6(2)17)23-13(22-9)12(14)21-7(3)18/h9-13H,4H2,1-3H3,(H,15,16)/t9-,10-,11-,12-,13+,14-/m1/s1. The van der Waals surface area contributed by atoms with Gasteiger partial charge >= 0.3 is 11.9 Å². The monoisotopic (exact) mass is 327 g/mol. The van der Waals surface area contributed by atoms with Gasteiger partial charge in [0.2, 0.25) is 5.91 Å². The van der Waals surface area contributed by atoms with Crippen LogP contribution in [0.25, 0.3) is 0 Å². The first-order chi connectivity index (χ1) is 10.7. The van der Waals surface area contributed by atoms with E-state index in [4.69, 9.17) is 18.9 Å². The number of hydrogen-bond acceptors (Lipinski definition) is 8. The number of fused-ring (bicyclic) bond motifs is 2. The summed E-state index contributed by atoms with van der Waals surface area (Å²) < 4.78 is 21.7. The van der Waals surface area contributed by atoms with Crippen LogP contribution in [-0.4, -0.2) is 59.9 Å². The zero-order valence-corrected chi connectivity index (χ0v) is 12.9. The summed E-state index contributed by atoms with van der Waals surface area (Å²) in [6.45, 7) is 3.66. The van der Waals surface area contributed by atoms with Crippen molar-refractivity contribution in [2.45, 2.75) is 63.4 Å². The number of ether oxygens (including phenoxy) is 4. The lowest BCUT2D eigenvalue weighted by molar-refractivity contribution is -0.241. The smallest absolute Gasteiger partial charge is 0.303 e. The van der Waals surface area contributed by atoms with Crippen LogP contribution in [-0.2, 0) is 38.1 Å². The number of esters is 2. The molecule has 9 nitrogen and oxygen atoms in total. The summed E-state index contributed by atoms with van der Waals surface area (Å²) >= 11 is 0. The lowest BCUT2D eigenvalue weighted by atomic mass is 9.71. The molecule has 1 saturated carbocycles. The number of nitrogens with one attached hydrogen (secondary N) is 1. The van der Waals surface area contributed by atoms with E-state index in [1.165, 1.54) is 20.8 Å². The molecule has 0 spiro atoms. The van der Waals surface area contributed by atoms with Crippen molar-refractivity contribution in [1.29, 1.82) is 0 Å². The number of ketones is 1. The van der Waals surface area contributed by atoms with E-state index < -0.39 is 54.1 Å². The minimum absolute atomic E-state index is 0.177. The SMILES string of the molecule is CC(=O)N[C@]12CC(=O)[C@H]3O[C@@H](O[C@H]3[C@H]1OC(C)=O)[C@H]2OC(C)=O. The summed E-state index contributed by atoms with van der Waals surface area (Å²) in [5, 5.41) is 2.65. The summed E-state index contributed by atoms with van der Waals surface area (Å²) in [6.07, 6.45) is -5.02. The zero-order valence-electron chi connectivity index (χ0n) is 12.9. The van der Waals surface area contributed by atoms with Crippen molar-refractivity contribution in [3.05, 3.63) is 0 Å². The van der Waals surface area contributed by atoms with Gasteiger partial charge in [-0.25, -0.2) is 0 Å². The molecule has 0 unspecified atom stereocenters. The van der Waals surface area contributed by atoms with Crippen molar-refractivity contribution in [2.24, 2.45) is 0 Å². The van der Waals surface area contributed by atoms with E-state index in [9.17, 15) is 19.2 Å². The summed E-state index contributed by atoms with van der Waals surface area (Å²) in [5.74, 6) is -1.99. The first kappa shape index (κ1) is 15.9. The van der Waals surface area contributed by atoms with Gasteiger partial charge in [-0.15, -0.1) is 0 Å². The molecule has 0 radical (unpaired) electrons. The van der Waals surface area contributed by atoms with E-state index in [1.54, 1.807) is 0 Å². The van der Waals surface area contributed by atoms with Gasteiger partial charge in [-0.1, -0.05) is 0 Å². The Morgan fingerprint density at radius 3 is 2.26 bits per heavy atom. The second-order valence-corrected chi connectivity index (χ2v) is 5.95. The Kier molecular flexibility index (Phi) is 3.64. The van der Waals surface area contributed by atoms with E-state index in [0.29, 0.717) is 0 Å². The van der Waals surface area contributed by atoms with Crippen LogP contribution in [0, 0.1) is 0 Å². The Morgan fingerprint density at radius 2 is 1.70 bits per heavy atom. The van der Waals surface area contributed by atoms with Gasteiger partial charge in [0.25, 0.3) is 0 Å². The van der Waals surface area contributed by atoms with Crippen LogP contribution in [0.5, 0.6) is 0 Å². The molecule has 126 valence electrons. The fraction of sp³-hybridized carbons (Fsp3) is 0.714. The summed E-state index contributed by atoms with van der Waals surface area (Å²) in [4.78, 5) is 47.0. The molecule has 3 aliphatic rings. The highest BCUT2D eigenvalue weighted by atomic mass is 16.8. The first-order valence-electron chi connectivity index (χ1n) is 7.21. The predicted molar refractivity (Wildman–Crippen MR) is 70.8 cm³/mol. The van der Waals surface area contributed by atoms with Crippen molar-refractivity contribution in [2.75, 3.05) is 0 Å². The quantitative estimate of drug-likeness (QED) is 0.644. The topological polar surface area (TPSA) is 117 Å². The normalized spacial score (nSPS) is 40.7. The third-order valence-corrected chi connectivity index (χ3v) is 4.21. The van der Waals surface area contributed by atoms with E-state index in [1.807, 2.05) is 0 Å². The van der Waals surface area contributed by atoms with Gasteiger partial charge in [-0.3, -0.25) is 19.2 Å². The minimum Gasteiger partial charge on any atom is -0.457 e. The Labute approximate surface area is 131 Å². The third-order valence-electron chi connectivity index (χ3n) is 4.21. The van der Waals surface area contributed by atoms with E-state index in [0.717, 1.165) is 0 Å². The molecule has 0 aromatic heterocycles. The van der Waals surface area contributed by atoms with Crippen LogP contribution in [0.1, 0.15) is 27.2 Å². The summed E-state index contributed by atoms with van der Waals surface area (Å²) in [7, 11) is 0. The molecule has 2 aliphatic heterocycles. The number of amides is 1. The average Bonchev–Trinajstić information content (AvgIpc) is 2.77. The second-order valence-electron chi connectivity index (χ2n) is 5.95. The molecule has 2 heterocycles. The van der Waals surface area contributed by atoms with Crippen molar-refractivity contribution >= 4 is 23.6 Å². The number of hydrogen-bond donors (Lipinski definition) is 1. The van der Waals surface area contributed by atoms with Gasteiger partial charge in [0.15, 0.2) is 24.3 Å². The predicted octanol–water partition coefficient (Wildman–Crippen LogP) is -1.18. The summed E-state index contributed by atoms with van der Waals surface area (Å²) in [5.41, 5.74) is -1.40. The Balaban J connectivity index is 2.08. The van der Waals surface area contributed by atoms with Gasteiger partial charge in [0.1, 0.15) is 17.7 Å². The Bertz CT molecular complexity index is 569. The van der Waals surface area contributed by atoms with Crippen LogP contribution in [0.3, 0.4) is 0 Å². The van der Waals surface area contributed by atoms with Crippen molar-refractivity contribution in [1.82, 2.24) is 5.32 Å². The molecule has 1 amide bonds. The van der Waals surface area contributed by atoms with Crippen LogP contribution in [0.2, 0.25) is 0 Å². The number of Topliss-reactive ketones (excluding diaryl/α,β-unsaturated/α-hetero) is 1. The highest BCUT2D eigenvalue weighted by molar-refractivity contribution is 5.89. The maximum atomic E-state index is 12.3. The minimum atomic E-state index is -1.40. The first-order valence-corrected chi connectivity index (χ1v) is 7.21. The largest absolute Gasteiger partial charge is 0.457 e. The van der Waals surface area contributed by atoms with E-state index >= 15 is 0 Å². The molecule has 0 aromatic carbocycles. The number of rotatable bonds is 3. The lowest BCUT2D eigenvalue weighted by Gasteiger charge is -2.51. The molecule has 23 heavy (non-hydrogen) atoms. The fourth-order valence-electron chi connectivity index (χ4n) is 3.60. The van der Waals surface area contributed by atoms with Crippen molar-refractivity contribution < 1.29 is 38.1 Å². The van der Waals surface area contributed by atoms with Crippen LogP contribution in [0.15, 0.2) is 0 Å². The van der Waals surface area contributed by atoms with E-state index in [-0.39, 0.29) is 12.2 Å². The molecule has 1 aliphatic carbocycles. The Morgan fingerprint density at radius 1 is 1.09 bits per heavy atom. The molecular formula is C14H17NO8. The molecule has 6 atom stereocenters. The Hall–Kier alpha value is -2.00. The summed E-state index contributed by atoms with van der Waals surface area (Å²) in [6, 6.07) is 0. The lowest BCUT2D eigenvalue weighted by Crippen LogP contribution is -2.76. The third kappa shape index (κ3) is 2.40. The number of carbonyl (C=O) groups is 4. The van der Waals surface area contributed by atoms with Gasteiger partial charge in [0, 0.05) is 27.2 Å². The molecule has 3 bridgehead atoms. The highest BCUT2D eigenvalue weighted by Crippen LogP contribution is 2.48. The average molecular weight is 327 g/mol. The molecule has 0 aromatic rings. The second kappa shape index (κ2) is 5.27. The molecule has 2 saturated heterocycles. The maximum Gasteiger partial charge on any atom is 0.303 e. The fourth-order valence-corrected chi connectivity index (χ4v) is 3.60. The van der Waals surface area contributed by atoms with Gasteiger partial charge in [-0.05, 0) is 0 Å². The molecule has 3 rings (SSSR count). The van der Waals surface area contributed by atoms with Gasteiger partial charge in [0.05, 0.1) is 0 Å². The molecule has 3 fully saturated rings. The molecular weight excluding hydrogens is 310 g/mol. The molecule has 9 heteroatoms. The van der Waals surface area contributed by atoms with Crippen molar-refractivity contribution in [3.63, 3.8) is 0 Å². The number of carbonyl (C=O) groups excluding carboxylic acids is 4. The zero-order chi connectivity index (χ0) is 16.9. The highest BCUT2D eigenvalue weighted by Gasteiger charge is 2.71. The molecule has 1 N–H and O–H groups in total. The van der Waals surface area contributed by atoms with Crippen molar-refractivity contribution in [3.8, 4) is 0 Å². The van der Waals surface area contributed by atoms with E-state index in [2.05, 4.69) is 5.32 Å². The maximum absolute atomic E-state index is 12.3. The van der Waals surface area contributed by atoms with Crippen LogP contribution < -0.4 is 5.32 Å². The van der Waals surface area contributed by atoms with Gasteiger partial charge < -0.3 is 24.3 Å². The van der Waals surface area contributed by atoms with Crippen LogP contribution >= 0.6 is 0 Å². The van der Waals surface area contributed by atoms with Gasteiger partial charge in [-0.2, -0.15) is 0 Å².